The van der Waals surface area contributed by atoms with Crippen LogP contribution < -0.4 is 10.9 Å². The maximum atomic E-state index is 11.9. The zero-order chi connectivity index (χ0) is 14.0. The van der Waals surface area contributed by atoms with E-state index in [-0.39, 0.29) is 5.56 Å². The van der Waals surface area contributed by atoms with Crippen LogP contribution in [0.15, 0.2) is 20.0 Å². The third-order valence-corrected chi connectivity index (χ3v) is 3.69. The van der Waals surface area contributed by atoms with Gasteiger partial charge in [-0.2, -0.15) is 5.10 Å². The number of aromatic nitrogens is 3. The SMILES string of the molecule is CCn1ncc(NCc2c(C)noc2C)c(Br)c1=O. The summed E-state index contributed by atoms with van der Waals surface area (Å²) in [6.45, 7) is 6.70. The highest BCUT2D eigenvalue weighted by Gasteiger charge is 2.11. The molecule has 102 valence electrons. The number of anilines is 1. The van der Waals surface area contributed by atoms with Gasteiger partial charge in [0.1, 0.15) is 10.2 Å². The molecule has 0 aromatic carbocycles. The Morgan fingerprint density at radius 2 is 2.21 bits per heavy atom. The fraction of sp³-hybridized carbons (Fsp3) is 0.417. The van der Waals surface area contributed by atoms with Crippen molar-refractivity contribution in [3.63, 3.8) is 0 Å². The summed E-state index contributed by atoms with van der Waals surface area (Å²) >= 11 is 3.30. The molecule has 0 saturated carbocycles. The second-order valence-electron chi connectivity index (χ2n) is 4.15. The Morgan fingerprint density at radius 3 is 2.79 bits per heavy atom. The average molecular weight is 327 g/mol. The first-order chi connectivity index (χ1) is 9.04. The molecule has 6 nitrogen and oxygen atoms in total. The smallest absolute Gasteiger partial charge is 0.283 e. The van der Waals surface area contributed by atoms with Gasteiger partial charge < -0.3 is 9.84 Å². The van der Waals surface area contributed by atoms with E-state index in [4.69, 9.17) is 4.52 Å². The zero-order valence-electron chi connectivity index (χ0n) is 11.0. The van der Waals surface area contributed by atoms with Gasteiger partial charge in [-0.3, -0.25) is 4.79 Å². The molecule has 19 heavy (non-hydrogen) atoms. The first-order valence-electron chi connectivity index (χ1n) is 5.95. The highest BCUT2D eigenvalue weighted by atomic mass is 79.9. The Balaban J connectivity index is 2.21. The minimum Gasteiger partial charge on any atom is -0.378 e. The molecule has 0 aliphatic carbocycles. The zero-order valence-corrected chi connectivity index (χ0v) is 12.6. The van der Waals surface area contributed by atoms with Crippen molar-refractivity contribution >= 4 is 21.6 Å². The molecule has 0 spiro atoms. The maximum absolute atomic E-state index is 11.9. The van der Waals surface area contributed by atoms with Crippen molar-refractivity contribution in [1.29, 1.82) is 0 Å². The standard InChI is InChI=1S/C12H15BrN4O2/c1-4-17-12(18)11(13)10(6-15-17)14-5-9-7(2)16-19-8(9)3/h6,14H,4-5H2,1-3H3. The second kappa shape index (κ2) is 5.56. The van der Waals surface area contributed by atoms with Crippen molar-refractivity contribution in [3.8, 4) is 0 Å². The van der Waals surface area contributed by atoms with E-state index < -0.39 is 0 Å². The van der Waals surface area contributed by atoms with Crippen molar-refractivity contribution in [3.05, 3.63) is 38.0 Å². The molecule has 0 radical (unpaired) electrons. The average Bonchev–Trinajstić information content (AvgIpc) is 2.71. The molecule has 0 unspecified atom stereocenters. The fourth-order valence-electron chi connectivity index (χ4n) is 1.75. The number of nitrogens with one attached hydrogen (secondary N) is 1. The molecule has 2 heterocycles. The van der Waals surface area contributed by atoms with Gasteiger partial charge in [-0.1, -0.05) is 5.16 Å². The van der Waals surface area contributed by atoms with Crippen molar-refractivity contribution in [2.75, 3.05) is 5.32 Å². The third-order valence-electron chi connectivity index (χ3n) is 2.92. The number of rotatable bonds is 4. The topological polar surface area (TPSA) is 73.0 Å². The summed E-state index contributed by atoms with van der Waals surface area (Å²) in [5, 5.41) is 11.1. The van der Waals surface area contributed by atoms with Gasteiger partial charge in [0.05, 0.1) is 17.6 Å². The number of aryl methyl sites for hydroxylation is 3. The summed E-state index contributed by atoms with van der Waals surface area (Å²) in [4.78, 5) is 11.9. The Bertz CT molecular complexity index is 628. The molecule has 2 aromatic heterocycles. The fourth-order valence-corrected chi connectivity index (χ4v) is 2.20. The number of hydrogen-bond acceptors (Lipinski definition) is 5. The molecule has 7 heteroatoms. The van der Waals surface area contributed by atoms with Crippen LogP contribution in [-0.2, 0) is 13.1 Å². The van der Waals surface area contributed by atoms with Gasteiger partial charge in [0, 0.05) is 18.7 Å². The Morgan fingerprint density at radius 1 is 1.47 bits per heavy atom. The van der Waals surface area contributed by atoms with Crippen LogP contribution in [0.4, 0.5) is 5.69 Å². The summed E-state index contributed by atoms with van der Waals surface area (Å²) < 4.78 is 6.97. The van der Waals surface area contributed by atoms with E-state index in [0.29, 0.717) is 23.2 Å². The van der Waals surface area contributed by atoms with E-state index in [1.165, 1.54) is 4.68 Å². The molecule has 0 aliphatic rings. The van der Waals surface area contributed by atoms with Crippen LogP contribution >= 0.6 is 15.9 Å². The van der Waals surface area contributed by atoms with Crippen LogP contribution in [0.25, 0.3) is 0 Å². The van der Waals surface area contributed by atoms with Crippen LogP contribution in [0.3, 0.4) is 0 Å². The molecule has 0 saturated heterocycles. The summed E-state index contributed by atoms with van der Waals surface area (Å²) in [6.07, 6.45) is 1.63. The van der Waals surface area contributed by atoms with Crippen molar-refractivity contribution in [2.45, 2.75) is 33.9 Å². The summed E-state index contributed by atoms with van der Waals surface area (Å²) in [6, 6.07) is 0. The normalized spacial score (nSPS) is 10.7. The third kappa shape index (κ3) is 2.70. The molecule has 0 aliphatic heterocycles. The number of halogens is 1. The summed E-state index contributed by atoms with van der Waals surface area (Å²) in [5.41, 5.74) is 2.35. The van der Waals surface area contributed by atoms with E-state index in [1.807, 2.05) is 20.8 Å². The predicted octanol–water partition coefficient (Wildman–Crippen LogP) is 2.24. The van der Waals surface area contributed by atoms with Crippen LogP contribution in [0.5, 0.6) is 0 Å². The van der Waals surface area contributed by atoms with Crippen LogP contribution in [0, 0.1) is 13.8 Å². The number of nitrogens with zero attached hydrogens (tertiary/aromatic N) is 3. The Hall–Kier alpha value is -1.63. The lowest BCUT2D eigenvalue weighted by molar-refractivity contribution is 0.392. The highest BCUT2D eigenvalue weighted by Crippen LogP contribution is 2.19. The predicted molar refractivity (Wildman–Crippen MR) is 75.2 cm³/mol. The van der Waals surface area contributed by atoms with Gasteiger partial charge in [0.2, 0.25) is 0 Å². The molecule has 2 rings (SSSR count). The van der Waals surface area contributed by atoms with E-state index in [0.717, 1.165) is 17.0 Å². The van der Waals surface area contributed by atoms with Crippen LogP contribution in [-0.4, -0.2) is 14.9 Å². The molecule has 0 atom stereocenters. The summed E-state index contributed by atoms with van der Waals surface area (Å²) in [7, 11) is 0. The lowest BCUT2D eigenvalue weighted by atomic mass is 10.2. The molecule has 1 N–H and O–H groups in total. The van der Waals surface area contributed by atoms with Gasteiger partial charge in [0.15, 0.2) is 0 Å². The highest BCUT2D eigenvalue weighted by molar-refractivity contribution is 9.10. The minimum atomic E-state index is -0.147. The van der Waals surface area contributed by atoms with E-state index in [1.54, 1.807) is 6.20 Å². The molecule has 0 bridgehead atoms. The van der Waals surface area contributed by atoms with Crippen molar-refractivity contribution in [1.82, 2.24) is 14.9 Å². The van der Waals surface area contributed by atoms with Crippen molar-refractivity contribution in [2.24, 2.45) is 0 Å². The monoisotopic (exact) mass is 326 g/mol. The Labute approximate surface area is 118 Å². The molecule has 0 amide bonds. The summed E-state index contributed by atoms with van der Waals surface area (Å²) in [5.74, 6) is 0.774. The lowest BCUT2D eigenvalue weighted by Crippen LogP contribution is -2.23. The lowest BCUT2D eigenvalue weighted by Gasteiger charge is -2.09. The van der Waals surface area contributed by atoms with Gasteiger partial charge in [-0.15, -0.1) is 0 Å². The van der Waals surface area contributed by atoms with Gasteiger partial charge in [-0.25, -0.2) is 4.68 Å². The number of hydrogen-bond donors (Lipinski definition) is 1. The first kappa shape index (κ1) is 13.8. The molecule has 0 fully saturated rings. The quantitative estimate of drug-likeness (QED) is 0.932. The molecule has 2 aromatic rings. The van der Waals surface area contributed by atoms with E-state index in [2.05, 4.69) is 31.5 Å². The first-order valence-corrected chi connectivity index (χ1v) is 6.75. The molecular formula is C12H15BrN4O2. The maximum Gasteiger partial charge on any atom is 0.283 e. The van der Waals surface area contributed by atoms with Crippen LogP contribution in [0.2, 0.25) is 0 Å². The van der Waals surface area contributed by atoms with Gasteiger partial charge in [-0.05, 0) is 36.7 Å². The van der Waals surface area contributed by atoms with Crippen LogP contribution in [0.1, 0.15) is 23.9 Å². The van der Waals surface area contributed by atoms with Gasteiger partial charge in [0.25, 0.3) is 5.56 Å². The largest absolute Gasteiger partial charge is 0.378 e. The second-order valence-corrected chi connectivity index (χ2v) is 4.94. The van der Waals surface area contributed by atoms with Crippen molar-refractivity contribution < 1.29 is 4.52 Å². The Kier molecular flexibility index (Phi) is 4.04. The van der Waals surface area contributed by atoms with E-state index in [9.17, 15) is 4.79 Å². The van der Waals surface area contributed by atoms with Gasteiger partial charge >= 0.3 is 0 Å². The molecular weight excluding hydrogens is 312 g/mol. The minimum absolute atomic E-state index is 0.147. The van der Waals surface area contributed by atoms with E-state index >= 15 is 0 Å².